The van der Waals surface area contributed by atoms with Crippen molar-refractivity contribution in [1.29, 1.82) is 0 Å². The summed E-state index contributed by atoms with van der Waals surface area (Å²) < 4.78 is 5.35. The van der Waals surface area contributed by atoms with Gasteiger partial charge in [-0.25, -0.2) is 0 Å². The molecule has 0 aromatic rings. The van der Waals surface area contributed by atoms with Gasteiger partial charge in [0.15, 0.2) is 0 Å². The topological polar surface area (TPSA) is 32.8 Å². The van der Waals surface area contributed by atoms with E-state index in [1.807, 2.05) is 6.08 Å². The van der Waals surface area contributed by atoms with E-state index in [1.54, 1.807) is 6.92 Å². The predicted molar refractivity (Wildman–Crippen MR) is 49.0 cm³/mol. The molecule has 12 heavy (non-hydrogen) atoms. The van der Waals surface area contributed by atoms with Gasteiger partial charge >= 0.3 is 0 Å². The Bertz CT molecular complexity index is 173. The molecule has 70 valence electrons. The summed E-state index contributed by atoms with van der Waals surface area (Å²) in [6, 6.07) is 0. The molecule has 0 aromatic carbocycles. The summed E-state index contributed by atoms with van der Waals surface area (Å²) in [6.45, 7) is 5.99. The Kier molecular flexibility index (Phi) is 3.29. The summed E-state index contributed by atoms with van der Waals surface area (Å²) in [7, 11) is 0. The van der Waals surface area contributed by atoms with Crippen LogP contribution in [0.5, 0.6) is 0 Å². The van der Waals surface area contributed by atoms with Crippen LogP contribution in [0.2, 0.25) is 0 Å². The largest absolute Gasteiger partial charge is 0.389 e. The Hall–Kier alpha value is -0.340. The molecule has 1 aliphatic heterocycles. The van der Waals surface area contributed by atoms with E-state index in [0.29, 0.717) is 12.2 Å². The summed E-state index contributed by atoms with van der Waals surface area (Å²) in [5.74, 6) is 0. The molecule has 0 radical (unpaired) electrons. The van der Waals surface area contributed by atoms with Crippen LogP contribution >= 0.6 is 0 Å². The molecule has 2 nitrogen and oxygen atoms in total. The maximum absolute atomic E-state index is 9.18. The van der Waals surface area contributed by atoms with Crippen LogP contribution in [0.15, 0.2) is 11.6 Å². The SMILES string of the molecule is CCC/C(=C\[C@H](C)O)[C@@H]1O[C@H]1C. The lowest BCUT2D eigenvalue weighted by molar-refractivity contribution is 0.242. The number of hydrogen-bond donors (Lipinski definition) is 1. The van der Waals surface area contributed by atoms with Crippen molar-refractivity contribution in [3.8, 4) is 0 Å². The minimum absolute atomic E-state index is 0.291. The van der Waals surface area contributed by atoms with Gasteiger partial charge in [0.2, 0.25) is 0 Å². The highest BCUT2D eigenvalue weighted by Gasteiger charge is 2.36. The molecule has 1 rings (SSSR count). The molecule has 0 aromatic heterocycles. The monoisotopic (exact) mass is 170 g/mol. The molecule has 2 heteroatoms. The number of hydrogen-bond acceptors (Lipinski definition) is 2. The molecular weight excluding hydrogens is 152 g/mol. The highest BCUT2D eigenvalue weighted by molar-refractivity contribution is 5.17. The van der Waals surface area contributed by atoms with E-state index in [-0.39, 0.29) is 6.10 Å². The van der Waals surface area contributed by atoms with E-state index in [2.05, 4.69) is 13.8 Å². The molecule has 0 aliphatic carbocycles. The van der Waals surface area contributed by atoms with E-state index in [4.69, 9.17) is 4.74 Å². The minimum atomic E-state index is -0.344. The molecule has 0 bridgehead atoms. The van der Waals surface area contributed by atoms with Crippen LogP contribution in [-0.4, -0.2) is 23.4 Å². The fourth-order valence-electron chi connectivity index (χ4n) is 1.49. The second kappa shape index (κ2) is 4.06. The average Bonchev–Trinajstić information content (AvgIpc) is 2.65. The second-order valence-corrected chi connectivity index (χ2v) is 3.49. The second-order valence-electron chi connectivity index (χ2n) is 3.49. The van der Waals surface area contributed by atoms with E-state index in [9.17, 15) is 5.11 Å². The maximum Gasteiger partial charge on any atom is 0.105 e. The molecule has 0 spiro atoms. The third kappa shape index (κ3) is 2.61. The van der Waals surface area contributed by atoms with Crippen molar-refractivity contribution in [3.05, 3.63) is 11.6 Å². The van der Waals surface area contributed by atoms with Crippen molar-refractivity contribution in [3.63, 3.8) is 0 Å². The summed E-state index contributed by atoms with van der Waals surface area (Å²) in [4.78, 5) is 0. The van der Waals surface area contributed by atoms with Crippen LogP contribution in [0.1, 0.15) is 33.6 Å². The third-order valence-corrected chi connectivity index (χ3v) is 2.07. The quantitative estimate of drug-likeness (QED) is 0.516. The zero-order valence-electron chi connectivity index (χ0n) is 8.08. The summed E-state index contributed by atoms with van der Waals surface area (Å²) in [5, 5.41) is 9.18. The van der Waals surface area contributed by atoms with Crippen molar-refractivity contribution in [2.45, 2.75) is 51.9 Å². The van der Waals surface area contributed by atoms with Crippen LogP contribution in [-0.2, 0) is 4.74 Å². The summed E-state index contributed by atoms with van der Waals surface area (Å²) >= 11 is 0. The normalized spacial score (nSPS) is 31.8. The third-order valence-electron chi connectivity index (χ3n) is 2.07. The Morgan fingerprint density at radius 1 is 1.67 bits per heavy atom. The van der Waals surface area contributed by atoms with Crippen LogP contribution < -0.4 is 0 Å². The molecule has 1 N–H and O–H groups in total. The molecule has 0 unspecified atom stereocenters. The van der Waals surface area contributed by atoms with Gasteiger partial charge in [0.25, 0.3) is 0 Å². The van der Waals surface area contributed by atoms with Crippen LogP contribution in [0.25, 0.3) is 0 Å². The van der Waals surface area contributed by atoms with Crippen LogP contribution in [0.3, 0.4) is 0 Å². The Balaban J connectivity index is 2.49. The van der Waals surface area contributed by atoms with Gasteiger partial charge < -0.3 is 9.84 Å². The lowest BCUT2D eigenvalue weighted by Gasteiger charge is -2.03. The summed E-state index contributed by atoms with van der Waals surface area (Å²) in [6.07, 6.45) is 4.38. The van der Waals surface area contributed by atoms with Gasteiger partial charge in [0, 0.05) is 0 Å². The highest BCUT2D eigenvalue weighted by Crippen LogP contribution is 2.31. The number of aliphatic hydroxyl groups is 1. The molecular formula is C10H18O2. The van der Waals surface area contributed by atoms with E-state index >= 15 is 0 Å². The first-order valence-electron chi connectivity index (χ1n) is 4.69. The predicted octanol–water partition coefficient (Wildman–Crippen LogP) is 1.88. The van der Waals surface area contributed by atoms with Gasteiger partial charge in [-0.1, -0.05) is 19.4 Å². The van der Waals surface area contributed by atoms with Gasteiger partial charge in [0.1, 0.15) is 6.10 Å². The van der Waals surface area contributed by atoms with Crippen molar-refractivity contribution in [2.75, 3.05) is 0 Å². The van der Waals surface area contributed by atoms with E-state index in [0.717, 1.165) is 12.8 Å². The molecule has 0 saturated carbocycles. The Morgan fingerprint density at radius 3 is 2.58 bits per heavy atom. The lowest BCUT2D eigenvalue weighted by atomic mass is 10.0. The van der Waals surface area contributed by atoms with E-state index < -0.39 is 0 Å². The first-order valence-corrected chi connectivity index (χ1v) is 4.69. The van der Waals surface area contributed by atoms with Gasteiger partial charge in [0.05, 0.1) is 12.2 Å². The smallest absolute Gasteiger partial charge is 0.105 e. The van der Waals surface area contributed by atoms with Gasteiger partial charge in [-0.05, 0) is 25.8 Å². The average molecular weight is 170 g/mol. The van der Waals surface area contributed by atoms with Crippen molar-refractivity contribution >= 4 is 0 Å². The molecule has 1 saturated heterocycles. The molecule has 0 amide bonds. The Morgan fingerprint density at radius 2 is 2.25 bits per heavy atom. The Labute approximate surface area is 74.2 Å². The minimum Gasteiger partial charge on any atom is -0.389 e. The van der Waals surface area contributed by atoms with Gasteiger partial charge in [-0.3, -0.25) is 0 Å². The van der Waals surface area contributed by atoms with Crippen molar-refractivity contribution < 1.29 is 9.84 Å². The first kappa shape index (κ1) is 9.75. The van der Waals surface area contributed by atoms with Gasteiger partial charge in [-0.15, -0.1) is 0 Å². The number of rotatable bonds is 4. The van der Waals surface area contributed by atoms with E-state index in [1.165, 1.54) is 5.57 Å². The number of aliphatic hydroxyl groups excluding tert-OH is 1. The molecule has 3 atom stereocenters. The summed E-state index contributed by atoms with van der Waals surface area (Å²) in [5.41, 5.74) is 1.26. The van der Waals surface area contributed by atoms with Gasteiger partial charge in [-0.2, -0.15) is 0 Å². The zero-order valence-corrected chi connectivity index (χ0v) is 8.08. The van der Waals surface area contributed by atoms with Crippen LogP contribution in [0.4, 0.5) is 0 Å². The number of epoxide rings is 1. The first-order chi connectivity index (χ1) is 5.65. The lowest BCUT2D eigenvalue weighted by Crippen LogP contribution is -2.02. The van der Waals surface area contributed by atoms with Crippen molar-refractivity contribution in [1.82, 2.24) is 0 Å². The standard InChI is InChI=1S/C10H18O2/c1-4-5-9(6-7(2)11)10-8(3)12-10/h6-8,10-11H,4-5H2,1-3H3/b9-6+/t7-,8-,10+/m0/s1. The number of ether oxygens (including phenoxy) is 1. The fraction of sp³-hybridized carbons (Fsp3) is 0.800. The molecule has 1 aliphatic rings. The van der Waals surface area contributed by atoms with Crippen LogP contribution in [0, 0.1) is 0 Å². The maximum atomic E-state index is 9.18. The fourth-order valence-corrected chi connectivity index (χ4v) is 1.49. The van der Waals surface area contributed by atoms with Crippen molar-refractivity contribution in [2.24, 2.45) is 0 Å². The molecule has 1 heterocycles. The molecule has 1 fully saturated rings. The highest BCUT2D eigenvalue weighted by atomic mass is 16.6. The zero-order chi connectivity index (χ0) is 9.14.